The Morgan fingerprint density at radius 2 is 1.55 bits per heavy atom. The molecular formula is C38H48IrN3O2-. The first-order valence-corrected chi connectivity index (χ1v) is 15.9. The molecule has 0 amide bonds. The van der Waals surface area contributed by atoms with Crippen LogP contribution >= 0.6 is 0 Å². The Morgan fingerprint density at radius 1 is 0.932 bits per heavy atom. The first-order valence-electron chi connectivity index (χ1n) is 15.9. The summed E-state index contributed by atoms with van der Waals surface area (Å²) in [7, 11) is 0. The molecule has 0 saturated heterocycles. The van der Waals surface area contributed by atoms with Crippen molar-refractivity contribution in [3.05, 3.63) is 77.3 Å². The number of hydrogen-bond donors (Lipinski definition) is 1. The van der Waals surface area contributed by atoms with Crippen molar-refractivity contribution in [3.8, 4) is 11.3 Å². The molecule has 0 unspecified atom stereocenters. The van der Waals surface area contributed by atoms with Crippen LogP contribution in [0.15, 0.2) is 54.4 Å². The summed E-state index contributed by atoms with van der Waals surface area (Å²) in [4.78, 5) is 26.6. The van der Waals surface area contributed by atoms with Gasteiger partial charge in [-0.05, 0) is 67.1 Å². The third kappa shape index (κ3) is 7.29. The van der Waals surface area contributed by atoms with Gasteiger partial charge in [0.05, 0.1) is 16.8 Å². The van der Waals surface area contributed by atoms with Crippen molar-refractivity contribution in [1.29, 1.82) is 0 Å². The third-order valence-electron chi connectivity index (χ3n) is 8.79. The fourth-order valence-corrected chi connectivity index (χ4v) is 6.22. The molecule has 0 saturated carbocycles. The summed E-state index contributed by atoms with van der Waals surface area (Å²) in [6.45, 7) is 19.3. The van der Waals surface area contributed by atoms with Gasteiger partial charge in [-0.15, -0.1) is 0 Å². The molecule has 2 aromatic heterocycles. The monoisotopic (exact) mass is 771 g/mol. The van der Waals surface area contributed by atoms with Gasteiger partial charge in [0, 0.05) is 54.6 Å². The third-order valence-corrected chi connectivity index (χ3v) is 8.79. The molecule has 5 rings (SSSR count). The van der Waals surface area contributed by atoms with Crippen LogP contribution in [0.25, 0.3) is 33.2 Å². The average molecular weight is 771 g/mol. The number of aliphatic hydroxyl groups excluding tert-OH is 1. The molecule has 1 aliphatic carbocycles. The number of carbonyl (C=O) groups is 1. The summed E-state index contributed by atoms with van der Waals surface area (Å²) in [5, 5.41) is 10.9. The molecular weight excluding hydrogens is 723 g/mol. The van der Waals surface area contributed by atoms with E-state index in [-0.39, 0.29) is 54.3 Å². The predicted molar refractivity (Wildman–Crippen MR) is 178 cm³/mol. The first kappa shape index (κ1) is 35.5. The van der Waals surface area contributed by atoms with Crippen molar-refractivity contribution < 1.29 is 30.0 Å². The number of allylic oxidation sites excluding steroid dienone is 2. The van der Waals surface area contributed by atoms with E-state index in [2.05, 4.69) is 82.1 Å². The number of fused-ring (bicyclic) bond motifs is 3. The Labute approximate surface area is 277 Å². The molecule has 6 heteroatoms. The van der Waals surface area contributed by atoms with Crippen molar-refractivity contribution in [2.75, 3.05) is 0 Å². The molecule has 237 valence electrons. The van der Waals surface area contributed by atoms with Crippen LogP contribution in [-0.4, -0.2) is 25.8 Å². The van der Waals surface area contributed by atoms with Gasteiger partial charge in [-0.2, -0.15) is 11.6 Å². The van der Waals surface area contributed by atoms with Crippen LogP contribution in [0.2, 0.25) is 0 Å². The van der Waals surface area contributed by atoms with Crippen LogP contribution in [-0.2, 0) is 36.7 Å². The number of aliphatic hydroxyl groups is 1. The van der Waals surface area contributed by atoms with Crippen LogP contribution in [0.3, 0.4) is 0 Å². The normalized spacial score (nSPS) is 13.8. The van der Waals surface area contributed by atoms with E-state index < -0.39 is 0 Å². The number of benzene rings is 2. The molecule has 0 atom stereocenters. The summed E-state index contributed by atoms with van der Waals surface area (Å²) in [6, 6.07) is 16.0. The van der Waals surface area contributed by atoms with Gasteiger partial charge in [0.25, 0.3) is 0 Å². The van der Waals surface area contributed by atoms with Gasteiger partial charge >= 0.3 is 0 Å². The first-order chi connectivity index (χ1) is 20.4. The second-order valence-electron chi connectivity index (χ2n) is 13.5. The van der Waals surface area contributed by atoms with Crippen molar-refractivity contribution >= 4 is 27.7 Å². The van der Waals surface area contributed by atoms with Gasteiger partial charge < -0.3 is 10.1 Å². The van der Waals surface area contributed by atoms with Crippen molar-refractivity contribution in [2.45, 2.75) is 99.8 Å². The number of nitrogens with zero attached hydrogens (tertiary/aromatic N) is 3. The van der Waals surface area contributed by atoms with Crippen molar-refractivity contribution in [3.63, 3.8) is 0 Å². The quantitative estimate of drug-likeness (QED) is 0.110. The van der Waals surface area contributed by atoms with E-state index in [1.54, 1.807) is 6.20 Å². The molecule has 1 aliphatic rings. The van der Waals surface area contributed by atoms with Gasteiger partial charge in [-0.3, -0.25) is 14.8 Å². The summed E-state index contributed by atoms with van der Waals surface area (Å²) in [5.74, 6) is 0.547. The molecule has 2 aromatic carbocycles. The van der Waals surface area contributed by atoms with Crippen LogP contribution in [0.1, 0.15) is 105 Å². The Bertz CT molecular complexity index is 1640. The van der Waals surface area contributed by atoms with Crippen LogP contribution in [0.5, 0.6) is 0 Å². The van der Waals surface area contributed by atoms with Gasteiger partial charge in [-0.1, -0.05) is 97.5 Å². The molecule has 0 bridgehead atoms. The van der Waals surface area contributed by atoms with Gasteiger partial charge in [-0.25, -0.2) is 0 Å². The molecule has 1 radical (unpaired) electrons. The fourth-order valence-electron chi connectivity index (χ4n) is 6.22. The maximum atomic E-state index is 11.7. The Hall–Kier alpha value is -2.95. The van der Waals surface area contributed by atoms with E-state index in [4.69, 9.17) is 9.97 Å². The molecule has 1 N–H and O–H groups in total. The number of ketones is 1. The Morgan fingerprint density at radius 3 is 2.16 bits per heavy atom. The van der Waals surface area contributed by atoms with Gasteiger partial charge in [0.1, 0.15) is 0 Å². The minimum atomic E-state index is -0.241. The molecule has 2 heterocycles. The number of hydrogen-bond acceptors (Lipinski definition) is 5. The minimum Gasteiger partial charge on any atom is -0.512 e. The largest absolute Gasteiger partial charge is 0.512 e. The summed E-state index contributed by atoms with van der Waals surface area (Å²) < 4.78 is 0. The van der Waals surface area contributed by atoms with Crippen molar-refractivity contribution in [2.24, 2.45) is 17.3 Å². The average Bonchev–Trinajstić information content (AvgIpc) is 2.96. The zero-order valence-electron chi connectivity index (χ0n) is 27.8. The van der Waals surface area contributed by atoms with Crippen molar-refractivity contribution in [1.82, 2.24) is 15.0 Å². The molecule has 44 heavy (non-hydrogen) atoms. The fraction of sp³-hybridized carbons (Fsp3) is 0.474. The topological polar surface area (TPSA) is 76.0 Å². The predicted octanol–water partition coefficient (Wildman–Crippen LogP) is 9.74. The van der Waals surface area contributed by atoms with Crippen LogP contribution < -0.4 is 0 Å². The summed E-state index contributed by atoms with van der Waals surface area (Å²) >= 11 is 0. The number of carbonyl (C=O) groups excluding carboxylic acids is 1. The smallest absolute Gasteiger partial charge is 0.162 e. The number of rotatable bonds is 8. The summed E-state index contributed by atoms with van der Waals surface area (Å²) in [6.07, 6.45) is 7.63. The molecule has 0 spiro atoms. The van der Waals surface area contributed by atoms with Gasteiger partial charge in [0.15, 0.2) is 5.78 Å². The SMILES string of the molecule is CC(C)(C)Cc1cccc2nc3c(nc12)C(C)(C)c1cccc2nc[c-]c-3c12.CCC(CC)C(=O)/C=C(\O)C(CC)CC.[Ir]. The van der Waals surface area contributed by atoms with Gasteiger partial charge in [0.2, 0.25) is 0 Å². The Balaban J connectivity index is 0.000000286. The zero-order chi connectivity index (χ0) is 31.5. The second-order valence-corrected chi connectivity index (χ2v) is 13.5. The van der Waals surface area contributed by atoms with E-state index in [9.17, 15) is 9.90 Å². The minimum absolute atomic E-state index is 0. The second kappa shape index (κ2) is 14.4. The number of aromatic nitrogens is 3. The zero-order valence-corrected chi connectivity index (χ0v) is 30.2. The Kier molecular flexibility index (Phi) is 11.7. The molecule has 0 fully saturated rings. The molecule has 5 nitrogen and oxygen atoms in total. The standard InChI is InChI=1S/C25H24N3.C13H24O2.Ir/c1-24(2,3)14-15-8-6-11-19-21(15)28-23-22(27-19)16-12-13-26-18-10-7-9-17(20(16)18)25(23,4)5;1-5-10(6-2)12(14)9-13(15)11(7-3)8-4;/h6-11,13H,14H2,1-5H3;9-11,14H,5-8H2,1-4H3;/q-1;;/b;12-9-;. The molecule has 4 aromatic rings. The van der Waals surface area contributed by atoms with E-state index in [1.165, 1.54) is 17.2 Å². The maximum Gasteiger partial charge on any atom is 0.162 e. The molecule has 0 aliphatic heterocycles. The van der Waals surface area contributed by atoms with Crippen LogP contribution in [0.4, 0.5) is 0 Å². The number of para-hydroxylation sites is 1. The van der Waals surface area contributed by atoms with E-state index in [0.29, 0.717) is 0 Å². The number of pyridine rings is 1. The summed E-state index contributed by atoms with van der Waals surface area (Å²) in [5.41, 5.74) is 8.42. The maximum absolute atomic E-state index is 11.7. The van der Waals surface area contributed by atoms with E-state index in [1.807, 2.05) is 27.7 Å². The van der Waals surface area contributed by atoms with Crippen LogP contribution in [0, 0.1) is 23.3 Å². The van der Waals surface area contributed by atoms with E-state index in [0.717, 1.165) is 71.0 Å². The van der Waals surface area contributed by atoms with E-state index >= 15 is 0 Å².